The predicted octanol–water partition coefficient (Wildman–Crippen LogP) is 2.26. The summed E-state index contributed by atoms with van der Waals surface area (Å²) in [5, 5.41) is 59.2. The molecule has 0 aromatic heterocycles. The van der Waals surface area contributed by atoms with Gasteiger partial charge >= 0.3 is 30.0 Å². The van der Waals surface area contributed by atoms with E-state index in [0.717, 1.165) is 6.92 Å². The van der Waals surface area contributed by atoms with E-state index >= 15 is 4.79 Å². The van der Waals surface area contributed by atoms with E-state index in [4.69, 9.17) is 42.6 Å². The van der Waals surface area contributed by atoms with E-state index in [9.17, 15) is 54.0 Å². The lowest BCUT2D eigenvalue weighted by Crippen LogP contribution is -2.95. The Kier molecular flexibility index (Phi) is 22.1. The number of fused-ring (bicyclic) bond motifs is 3. The van der Waals surface area contributed by atoms with Crippen LogP contribution in [-0.4, -0.2) is 211 Å². The van der Waals surface area contributed by atoms with Gasteiger partial charge in [0.05, 0.1) is 88.6 Å². The number of esters is 4. The molecule has 2 unspecified atom stereocenters. The minimum absolute atomic E-state index is 0.0626. The smallest absolute Gasteiger partial charge is 0.408 e. The van der Waals surface area contributed by atoms with Gasteiger partial charge in [0.1, 0.15) is 35.1 Å². The van der Waals surface area contributed by atoms with Crippen molar-refractivity contribution in [2.24, 2.45) is 28.6 Å². The fourth-order valence-corrected chi connectivity index (χ4v) is 14.1. The third-order valence-electron chi connectivity index (χ3n) is 18.4. The number of aliphatic hydroxyl groups is 4. The number of benzene rings is 2. The summed E-state index contributed by atoms with van der Waals surface area (Å²) in [4.78, 5) is 111. The number of unbranched alkanes of at least 4 members (excludes halogenated alkanes) is 1. The average Bonchev–Trinajstić information content (AvgIpc) is 0.624. The first-order valence-corrected chi connectivity index (χ1v) is 29.7. The number of alkyl carbamates (subject to hydrolysis) is 1. The number of methoxy groups -OCH3 is 1. The number of Topliss-reactive ketones (excluding diaryl/α,β-unsaturated/α-hetero) is 1. The molecule has 0 spiro atoms. The third kappa shape index (κ3) is 14.2. The van der Waals surface area contributed by atoms with Gasteiger partial charge in [0.25, 0.3) is 0 Å². The lowest BCUT2D eigenvalue weighted by molar-refractivity contribution is -0.465. The highest BCUT2D eigenvalue weighted by Gasteiger charge is 2.92. The van der Waals surface area contributed by atoms with Crippen molar-refractivity contribution >= 4 is 47.6 Å². The molecule has 7 N–H and O–H groups in total. The van der Waals surface area contributed by atoms with Crippen molar-refractivity contribution in [2.75, 3.05) is 73.4 Å². The average molecular weight is 1230 g/mol. The quantitative estimate of drug-likeness (QED) is 0.0349. The van der Waals surface area contributed by atoms with Crippen LogP contribution in [0.25, 0.3) is 0 Å². The van der Waals surface area contributed by atoms with Gasteiger partial charge in [-0.2, -0.15) is 0 Å². The molecular formula is C62H88N4O21. The summed E-state index contributed by atoms with van der Waals surface area (Å²) in [6, 6.07) is 13.4. The largest absolute Gasteiger partial charge is 0.455 e. The molecule has 5 aliphatic rings. The number of rotatable bonds is 29. The van der Waals surface area contributed by atoms with Gasteiger partial charge in [-0.15, -0.1) is 0 Å². The van der Waals surface area contributed by atoms with Crippen molar-refractivity contribution < 1.29 is 101 Å². The van der Waals surface area contributed by atoms with Crippen molar-refractivity contribution in [3.05, 3.63) is 71.8 Å². The maximum Gasteiger partial charge on any atom is 0.408 e. The highest BCUT2D eigenvalue weighted by Crippen LogP contribution is 2.80. The molecule has 482 valence electrons. The van der Waals surface area contributed by atoms with Crippen LogP contribution in [0.2, 0.25) is 0 Å². The number of nitrogens with zero attached hydrogens (tertiary/aromatic N) is 1. The Morgan fingerprint density at radius 1 is 0.828 bits per heavy atom. The van der Waals surface area contributed by atoms with E-state index in [-0.39, 0.29) is 55.3 Å². The number of carbonyl (C=O) groups excluding carboxylic acids is 8. The van der Waals surface area contributed by atoms with Gasteiger partial charge in [-0.05, 0) is 71.7 Å². The van der Waals surface area contributed by atoms with Crippen molar-refractivity contribution in [1.29, 1.82) is 0 Å². The SMILES string of the molecule is COCCOCCOCCC(=O)NCCCCC(NC(=O)CN(C)CC(=O)O[C@@H](C(=O)O[C@]12C[C@@]3(O)[C@@H](OC(=O)c4ccccc4)[C@@H]4[C@]5(OC(C)=O)CO[C@@H]5C[C@H](O)[C@@]4(C)[C@H](O)[C@H](O)C([C@@H]1C)[C@]32C)[C@@H](NC(=O)OC(C)(C)C)c1ccccc1)C(C)=O. The first-order chi connectivity index (χ1) is 41.0. The van der Waals surface area contributed by atoms with Crippen LogP contribution in [0.4, 0.5) is 4.79 Å². The summed E-state index contributed by atoms with van der Waals surface area (Å²) >= 11 is 0. The highest BCUT2D eigenvalue weighted by atomic mass is 16.6. The molecule has 25 nitrogen and oxygen atoms in total. The predicted molar refractivity (Wildman–Crippen MR) is 307 cm³/mol. The standard InChI is InChI=1S/C62H88N4O21/c1-36-47-49(73)52(74)58(7)42(69)31-43-60(35-82-43,85-38(3)68)51(58)53(84-54(75)40-21-15-12-16-22-40)61(78)34-62(36,59(47,61)8)86-55(76)50(48(39-19-13-11-14-20-39)65-56(77)87-57(4,5)6)83-46(72)33-66(9)32-45(71)64-41(37(2)67)23-17-18-25-63-44(70)24-26-80-29-30-81-28-27-79-10/h11-16,19-22,36,41-43,47-53,69,73-74,78H,17-18,23-35H2,1-10H3,(H,63,70)(H,64,71)(H,65,77)/t36-,41?,42-,43+,47?,48-,49+,50+,51-,52+,53-,58+,59+,60-,61+,62+/m0/s1. The number of ketones is 1. The van der Waals surface area contributed by atoms with Gasteiger partial charge in [-0.25, -0.2) is 14.4 Å². The van der Waals surface area contributed by atoms with Crippen molar-refractivity contribution in [2.45, 2.75) is 165 Å². The molecule has 87 heavy (non-hydrogen) atoms. The van der Waals surface area contributed by atoms with Gasteiger partial charge in [0.2, 0.25) is 17.9 Å². The van der Waals surface area contributed by atoms with Crippen LogP contribution in [0.5, 0.6) is 0 Å². The molecule has 1 saturated heterocycles. The maximum absolute atomic E-state index is 15.5. The van der Waals surface area contributed by atoms with Crippen molar-refractivity contribution in [3.8, 4) is 0 Å². The fraction of sp³-hybridized carbons (Fsp3) is 0.677. The molecule has 1 heterocycles. The molecule has 1 aliphatic heterocycles. The molecule has 25 heteroatoms. The van der Waals surface area contributed by atoms with Crippen molar-refractivity contribution in [1.82, 2.24) is 20.9 Å². The summed E-state index contributed by atoms with van der Waals surface area (Å²) in [5.74, 6) is -8.74. The molecule has 4 saturated carbocycles. The first kappa shape index (κ1) is 68.3. The minimum Gasteiger partial charge on any atom is -0.455 e. The Hall–Kier alpha value is -6.16. The van der Waals surface area contributed by atoms with Crippen LogP contribution in [0.15, 0.2) is 60.7 Å². The van der Waals surface area contributed by atoms with Crippen LogP contribution in [0, 0.1) is 28.6 Å². The Morgan fingerprint density at radius 3 is 2.08 bits per heavy atom. The van der Waals surface area contributed by atoms with Gasteiger partial charge in [0.15, 0.2) is 11.4 Å². The summed E-state index contributed by atoms with van der Waals surface area (Å²) in [5.41, 5.74) is -10.3. The molecule has 4 aliphatic carbocycles. The second kappa shape index (κ2) is 28.1. The molecule has 5 fully saturated rings. The van der Waals surface area contributed by atoms with E-state index in [1.165, 1.54) is 44.9 Å². The fourth-order valence-electron chi connectivity index (χ4n) is 14.1. The monoisotopic (exact) mass is 1220 g/mol. The topological polar surface area (TPSA) is 340 Å². The number of carbonyl (C=O) groups is 8. The second-order valence-electron chi connectivity index (χ2n) is 25.2. The number of nitrogens with one attached hydrogen (secondary N) is 3. The highest BCUT2D eigenvalue weighted by molar-refractivity contribution is 5.90. The summed E-state index contributed by atoms with van der Waals surface area (Å²) in [7, 11) is 3.00. The molecule has 2 aromatic carbocycles. The molecule has 2 aromatic rings. The molecule has 3 amide bonds. The van der Waals surface area contributed by atoms with Gasteiger partial charge in [-0.1, -0.05) is 69.3 Å². The maximum atomic E-state index is 15.5. The van der Waals surface area contributed by atoms with Crippen LogP contribution in [0.1, 0.15) is 116 Å². The van der Waals surface area contributed by atoms with Crippen LogP contribution < -0.4 is 16.0 Å². The summed E-state index contributed by atoms with van der Waals surface area (Å²) in [6.45, 7) is 12.8. The van der Waals surface area contributed by atoms with Crippen LogP contribution in [0.3, 0.4) is 0 Å². The number of amides is 3. The van der Waals surface area contributed by atoms with Gasteiger partial charge in [0, 0.05) is 62.5 Å². The normalized spacial score (nSPS) is 31.3. The van der Waals surface area contributed by atoms with E-state index in [0.29, 0.717) is 45.8 Å². The third-order valence-corrected chi connectivity index (χ3v) is 18.4. The van der Waals surface area contributed by atoms with Gasteiger partial charge in [-0.3, -0.25) is 28.9 Å². The van der Waals surface area contributed by atoms with Crippen LogP contribution >= 0.6 is 0 Å². The summed E-state index contributed by atoms with van der Waals surface area (Å²) in [6.07, 6.45) is -10.3. The number of ether oxygens (including phenoxy) is 9. The summed E-state index contributed by atoms with van der Waals surface area (Å²) < 4.78 is 52.4. The Morgan fingerprint density at radius 2 is 1.47 bits per heavy atom. The van der Waals surface area contributed by atoms with Gasteiger partial charge < -0.3 is 79.0 Å². The molecule has 0 bridgehead atoms. The number of aliphatic hydroxyl groups excluding tert-OH is 3. The van der Waals surface area contributed by atoms with E-state index in [1.807, 2.05) is 0 Å². The Labute approximate surface area is 507 Å². The first-order valence-electron chi connectivity index (χ1n) is 29.7. The lowest BCUT2D eigenvalue weighted by Gasteiger charge is -2.83. The lowest BCUT2D eigenvalue weighted by atomic mass is 9.25. The zero-order valence-electron chi connectivity index (χ0n) is 51.4. The number of hydrogen-bond acceptors (Lipinski definition) is 22. The molecule has 16 atom stereocenters. The van der Waals surface area contributed by atoms with E-state index < -0.39 is 155 Å². The Bertz CT molecular complexity index is 2770. The number of likely N-dealkylation sites (N-methyl/N-ethyl adjacent to an activating group) is 1. The zero-order chi connectivity index (χ0) is 63.9. The minimum atomic E-state index is -2.31. The number of hydrogen-bond donors (Lipinski definition) is 7. The zero-order valence-corrected chi connectivity index (χ0v) is 51.4. The Balaban J connectivity index is 1.12. The molecule has 0 radical (unpaired) electrons. The van der Waals surface area contributed by atoms with E-state index in [1.54, 1.807) is 83.3 Å². The molecule has 7 rings (SSSR count). The van der Waals surface area contributed by atoms with Crippen LogP contribution in [-0.2, 0) is 71.4 Å². The second-order valence-corrected chi connectivity index (χ2v) is 25.2. The van der Waals surface area contributed by atoms with Crippen molar-refractivity contribution in [3.63, 3.8) is 0 Å². The van der Waals surface area contributed by atoms with E-state index in [2.05, 4.69) is 16.0 Å². The molecular weight excluding hydrogens is 1140 g/mol.